The summed E-state index contributed by atoms with van der Waals surface area (Å²) in [4.78, 5) is 12.3. The first-order valence-electron chi connectivity index (χ1n) is 17.0. The Bertz CT molecular complexity index is 2150. The Kier molecular flexibility index (Phi) is 8.39. The number of anilines is 1. The van der Waals surface area contributed by atoms with Gasteiger partial charge in [-0.15, -0.1) is 0 Å². The molecule has 0 saturated heterocycles. The first kappa shape index (κ1) is 30.3. The zero-order valence-electron chi connectivity index (χ0n) is 27.5. The topological polar surface area (TPSA) is 29.0 Å². The summed E-state index contributed by atoms with van der Waals surface area (Å²) >= 11 is 0. The van der Waals surface area contributed by atoms with Crippen LogP contribution in [-0.2, 0) is 0 Å². The van der Waals surface area contributed by atoms with Gasteiger partial charge in [0.2, 0.25) is 0 Å². The minimum atomic E-state index is 0.714. The fraction of sp³-hybridized carbons (Fsp3) is 0.0870. The zero-order valence-corrected chi connectivity index (χ0v) is 27.5. The van der Waals surface area contributed by atoms with Crippen LogP contribution in [0.3, 0.4) is 0 Å². The fourth-order valence-electron chi connectivity index (χ4n) is 6.72. The number of nitrogens with zero attached hydrogens (tertiary/aromatic N) is 3. The standard InChI is InChI=1S/C46H37N3/c1-33-13-10-11-30-49(45-21-9-8-20-42(33)45)41-28-26-35(27-29-41)40-19-12-18-39(31-40)34-22-24-38(25-23-34)46-47-43(36-14-4-2-5-15-36)32-44(48-46)37-16-6-3-7-17-37/h2-7,9,11-12,14-19,21-32H,1,8,10,13,20H2/b30-11-. The van der Waals surface area contributed by atoms with Crippen molar-refractivity contribution in [3.8, 4) is 56.2 Å². The van der Waals surface area contributed by atoms with Crippen LogP contribution in [-0.4, -0.2) is 9.97 Å². The highest BCUT2D eigenvalue weighted by Gasteiger charge is 2.19. The van der Waals surface area contributed by atoms with Crippen LogP contribution < -0.4 is 4.90 Å². The maximum Gasteiger partial charge on any atom is 0.160 e. The van der Waals surface area contributed by atoms with E-state index in [-0.39, 0.29) is 0 Å². The lowest BCUT2D eigenvalue weighted by Crippen LogP contribution is -2.19. The van der Waals surface area contributed by atoms with Gasteiger partial charge in [-0.2, -0.15) is 0 Å². The van der Waals surface area contributed by atoms with Crippen molar-refractivity contribution in [2.24, 2.45) is 0 Å². The lowest BCUT2D eigenvalue weighted by atomic mass is 9.91. The van der Waals surface area contributed by atoms with Crippen LogP contribution in [0.15, 0.2) is 187 Å². The molecule has 0 atom stereocenters. The number of benzene rings is 5. The van der Waals surface area contributed by atoms with E-state index < -0.39 is 0 Å². The Hall–Kier alpha value is -6.06. The van der Waals surface area contributed by atoms with Gasteiger partial charge in [0.25, 0.3) is 0 Å². The minimum absolute atomic E-state index is 0.714. The molecule has 0 fully saturated rings. The molecule has 2 heterocycles. The van der Waals surface area contributed by atoms with E-state index in [0.717, 1.165) is 65.0 Å². The van der Waals surface area contributed by atoms with Crippen molar-refractivity contribution < 1.29 is 0 Å². The first-order valence-corrected chi connectivity index (χ1v) is 17.0. The summed E-state index contributed by atoms with van der Waals surface area (Å²) in [5.74, 6) is 0.714. The molecule has 49 heavy (non-hydrogen) atoms. The number of hydrogen-bond donors (Lipinski definition) is 0. The number of aromatic nitrogens is 2. The third kappa shape index (κ3) is 6.44. The van der Waals surface area contributed by atoms with E-state index in [9.17, 15) is 0 Å². The molecule has 3 nitrogen and oxygen atoms in total. The van der Waals surface area contributed by atoms with E-state index in [4.69, 9.17) is 9.97 Å². The Labute approximate surface area is 289 Å². The van der Waals surface area contributed by atoms with E-state index >= 15 is 0 Å². The molecule has 8 rings (SSSR count). The van der Waals surface area contributed by atoms with E-state index in [1.165, 1.54) is 33.5 Å². The second-order valence-corrected chi connectivity index (χ2v) is 12.6. The average Bonchev–Trinajstić information content (AvgIpc) is 3.18. The number of hydrogen-bond acceptors (Lipinski definition) is 3. The summed E-state index contributed by atoms with van der Waals surface area (Å²) in [5, 5.41) is 0. The van der Waals surface area contributed by atoms with Crippen molar-refractivity contribution >= 4 is 5.69 Å². The van der Waals surface area contributed by atoms with Gasteiger partial charge in [0.15, 0.2) is 5.82 Å². The second kappa shape index (κ2) is 13.6. The van der Waals surface area contributed by atoms with Gasteiger partial charge in [0.1, 0.15) is 0 Å². The molecule has 0 bridgehead atoms. The summed E-state index contributed by atoms with van der Waals surface area (Å²) in [6.45, 7) is 4.41. The summed E-state index contributed by atoms with van der Waals surface area (Å²) in [6.07, 6.45) is 13.2. The monoisotopic (exact) mass is 631 g/mol. The maximum atomic E-state index is 5.00. The molecule has 0 amide bonds. The van der Waals surface area contributed by atoms with Crippen LogP contribution in [0.5, 0.6) is 0 Å². The van der Waals surface area contributed by atoms with Gasteiger partial charge in [0, 0.05) is 34.3 Å². The summed E-state index contributed by atoms with van der Waals surface area (Å²) in [7, 11) is 0. The van der Waals surface area contributed by atoms with Crippen molar-refractivity contribution in [3.63, 3.8) is 0 Å². The van der Waals surface area contributed by atoms with E-state index in [1.54, 1.807) is 0 Å². The van der Waals surface area contributed by atoms with Crippen LogP contribution >= 0.6 is 0 Å². The third-order valence-electron chi connectivity index (χ3n) is 9.38. The molecule has 2 aliphatic rings. The highest BCUT2D eigenvalue weighted by atomic mass is 15.1. The molecule has 0 spiro atoms. The molecule has 0 unspecified atom stereocenters. The first-order chi connectivity index (χ1) is 24.2. The lowest BCUT2D eigenvalue weighted by molar-refractivity contribution is 0.871. The van der Waals surface area contributed by atoms with Crippen LogP contribution in [0, 0.1) is 0 Å². The van der Waals surface area contributed by atoms with Gasteiger partial charge in [0.05, 0.1) is 11.4 Å². The fourth-order valence-corrected chi connectivity index (χ4v) is 6.72. The van der Waals surface area contributed by atoms with E-state index in [1.807, 2.05) is 36.4 Å². The van der Waals surface area contributed by atoms with Gasteiger partial charge in [-0.25, -0.2) is 9.97 Å². The van der Waals surface area contributed by atoms with Crippen LogP contribution in [0.25, 0.3) is 56.2 Å². The van der Waals surface area contributed by atoms with Gasteiger partial charge >= 0.3 is 0 Å². The van der Waals surface area contributed by atoms with Gasteiger partial charge < -0.3 is 4.90 Å². The Morgan fingerprint density at radius 2 is 1.04 bits per heavy atom. The quantitative estimate of drug-likeness (QED) is 0.183. The number of allylic oxidation sites excluding steroid dienone is 5. The van der Waals surface area contributed by atoms with Crippen molar-refractivity contribution in [1.82, 2.24) is 9.97 Å². The molecule has 6 aromatic rings. The van der Waals surface area contributed by atoms with Crippen molar-refractivity contribution in [3.05, 3.63) is 187 Å². The van der Waals surface area contributed by atoms with E-state index in [0.29, 0.717) is 5.82 Å². The summed E-state index contributed by atoms with van der Waals surface area (Å²) < 4.78 is 0. The molecule has 236 valence electrons. The normalized spacial score (nSPS) is 15.0. The molecular formula is C46H37N3. The Morgan fingerprint density at radius 1 is 0.490 bits per heavy atom. The Morgan fingerprint density at radius 3 is 1.67 bits per heavy atom. The van der Waals surface area contributed by atoms with Gasteiger partial charge in [-0.05, 0) is 89.4 Å². The molecule has 5 aromatic carbocycles. The largest absolute Gasteiger partial charge is 0.317 e. The Balaban J connectivity index is 1.07. The molecule has 3 heteroatoms. The average molecular weight is 632 g/mol. The van der Waals surface area contributed by atoms with Crippen molar-refractivity contribution in [1.29, 1.82) is 0 Å². The van der Waals surface area contributed by atoms with Crippen LogP contribution in [0.4, 0.5) is 5.69 Å². The second-order valence-electron chi connectivity index (χ2n) is 12.6. The minimum Gasteiger partial charge on any atom is -0.317 e. The zero-order chi connectivity index (χ0) is 33.0. The molecule has 0 radical (unpaired) electrons. The molecule has 1 aliphatic heterocycles. The van der Waals surface area contributed by atoms with Gasteiger partial charge in [-0.3, -0.25) is 0 Å². The molecule has 1 aliphatic carbocycles. The molecule has 1 aromatic heterocycles. The van der Waals surface area contributed by atoms with Crippen molar-refractivity contribution in [2.75, 3.05) is 4.90 Å². The van der Waals surface area contributed by atoms with Crippen molar-refractivity contribution in [2.45, 2.75) is 25.7 Å². The summed E-state index contributed by atoms with van der Waals surface area (Å²) in [6, 6.07) is 49.0. The molecular weight excluding hydrogens is 595 g/mol. The smallest absolute Gasteiger partial charge is 0.160 e. The lowest BCUT2D eigenvalue weighted by Gasteiger charge is -2.29. The van der Waals surface area contributed by atoms with Gasteiger partial charge in [-0.1, -0.05) is 134 Å². The van der Waals surface area contributed by atoms with Crippen LogP contribution in [0.1, 0.15) is 25.7 Å². The third-order valence-corrected chi connectivity index (χ3v) is 9.38. The van der Waals surface area contributed by atoms with Crippen LogP contribution in [0.2, 0.25) is 0 Å². The van der Waals surface area contributed by atoms with E-state index in [2.05, 4.69) is 139 Å². The SMILES string of the molecule is C=C1CC/C=C\N(c2ccc(-c3cccc(-c4ccc(-c5nc(-c6ccccc6)cc(-c6ccccc6)n5)cc4)c3)cc2)C2=C1CCC=C2. The molecule has 0 N–H and O–H groups in total. The molecule has 0 saturated carbocycles. The summed E-state index contributed by atoms with van der Waals surface area (Å²) in [5.41, 5.74) is 14.7. The predicted molar refractivity (Wildman–Crippen MR) is 205 cm³/mol. The highest BCUT2D eigenvalue weighted by Crippen LogP contribution is 2.36. The highest BCUT2D eigenvalue weighted by molar-refractivity contribution is 5.77. The predicted octanol–water partition coefficient (Wildman–Crippen LogP) is 12.1. The number of rotatable bonds is 6. The maximum absolute atomic E-state index is 5.00.